The summed E-state index contributed by atoms with van der Waals surface area (Å²) in [4.78, 5) is 12.4. The zero-order valence-electron chi connectivity index (χ0n) is 17.3. The molecule has 0 radical (unpaired) electrons. The first kappa shape index (κ1) is 23.2. The maximum atomic E-state index is 12.4. The van der Waals surface area contributed by atoms with Gasteiger partial charge in [-0.05, 0) is 55.7 Å². The molecule has 1 aromatic rings. The van der Waals surface area contributed by atoms with E-state index in [1.54, 1.807) is 0 Å². The predicted octanol–water partition coefficient (Wildman–Crippen LogP) is 1.94. The van der Waals surface area contributed by atoms with E-state index in [0.717, 1.165) is 11.0 Å². The van der Waals surface area contributed by atoms with E-state index in [1.165, 1.54) is 37.7 Å². The Labute approximate surface area is 170 Å². The molecule has 0 saturated heterocycles. The minimum Gasteiger partial charge on any atom is -1.00 e. The van der Waals surface area contributed by atoms with E-state index in [2.05, 4.69) is 34.9 Å². The van der Waals surface area contributed by atoms with Crippen LogP contribution in [0.15, 0.2) is 24.3 Å². The Morgan fingerprint density at radius 1 is 1.12 bits per heavy atom. The minimum absolute atomic E-state index is 0. The maximum absolute atomic E-state index is 12.4. The Morgan fingerprint density at radius 2 is 1.65 bits per heavy atom. The Kier molecular flexibility index (Phi) is 8.34. The molecule has 1 aromatic carbocycles. The zero-order chi connectivity index (χ0) is 18.7. The van der Waals surface area contributed by atoms with Gasteiger partial charge in [0.25, 0.3) is 0 Å². The summed E-state index contributed by atoms with van der Waals surface area (Å²) in [5.74, 6) is -0.211. The lowest BCUT2D eigenvalue weighted by Gasteiger charge is -2.41. The summed E-state index contributed by atoms with van der Waals surface area (Å²) >= 11 is 0. The van der Waals surface area contributed by atoms with Gasteiger partial charge in [-0.3, -0.25) is 0 Å². The van der Waals surface area contributed by atoms with Crippen LogP contribution in [0.5, 0.6) is 0 Å². The number of hydrogen-bond acceptors (Lipinski definition) is 2. The fraction of sp³-hybridized carbons (Fsp3) is 0.682. The van der Waals surface area contributed by atoms with Crippen LogP contribution in [-0.2, 0) is 10.2 Å². The lowest BCUT2D eigenvalue weighted by atomic mass is 9.87. The monoisotopic (exact) mass is 425 g/mol. The number of carbonyl (C=O) groups is 1. The number of rotatable bonds is 5. The third-order valence-corrected chi connectivity index (χ3v) is 5.59. The van der Waals surface area contributed by atoms with Gasteiger partial charge in [-0.25, -0.2) is 4.79 Å². The van der Waals surface area contributed by atoms with E-state index in [4.69, 9.17) is 4.74 Å². The summed E-state index contributed by atoms with van der Waals surface area (Å²) in [5.41, 5.74) is 1.96. The molecule has 4 heteroatoms. The van der Waals surface area contributed by atoms with Gasteiger partial charge in [-0.15, -0.1) is 0 Å². The highest BCUT2D eigenvalue weighted by molar-refractivity contribution is 5.89. The molecule has 1 unspecified atom stereocenters. The third-order valence-electron chi connectivity index (χ3n) is 5.59. The Balaban J connectivity index is 0.00000338. The van der Waals surface area contributed by atoms with Crippen molar-refractivity contribution in [2.75, 3.05) is 20.6 Å². The molecule has 1 atom stereocenters. The van der Waals surface area contributed by atoms with Crippen LogP contribution >= 0.6 is 0 Å². The van der Waals surface area contributed by atoms with Gasteiger partial charge in [0, 0.05) is 0 Å². The number of hydrogen-bond donors (Lipinski definition) is 0. The van der Waals surface area contributed by atoms with E-state index in [9.17, 15) is 4.79 Å². The summed E-state index contributed by atoms with van der Waals surface area (Å²) in [6.07, 6.45) is 6.54. The maximum Gasteiger partial charge on any atom is 0.338 e. The number of esters is 1. The molecule has 1 aliphatic rings. The first-order valence-corrected chi connectivity index (χ1v) is 9.74. The van der Waals surface area contributed by atoms with E-state index in [-0.39, 0.29) is 34.5 Å². The van der Waals surface area contributed by atoms with Crippen molar-refractivity contribution in [3.8, 4) is 0 Å². The normalized spacial score (nSPS) is 17.3. The number of likely N-dealkylation sites (N-methyl/N-ethyl adjacent to an activating group) is 1. The molecule has 0 bridgehead atoms. The highest BCUT2D eigenvalue weighted by Gasteiger charge is 2.32. The van der Waals surface area contributed by atoms with Gasteiger partial charge in [-0.2, -0.15) is 0 Å². The molecule has 0 heterocycles. The molecule has 26 heavy (non-hydrogen) atoms. The van der Waals surface area contributed by atoms with E-state index < -0.39 is 0 Å². The van der Waals surface area contributed by atoms with Crippen LogP contribution in [0.4, 0.5) is 0 Å². The number of quaternary nitrogens is 1. The van der Waals surface area contributed by atoms with Crippen molar-refractivity contribution in [1.82, 2.24) is 0 Å². The summed E-state index contributed by atoms with van der Waals surface area (Å²) in [6, 6.07) is 8.53. The number of carbonyl (C=O) groups excluding carboxylic acids is 1. The average molecular weight is 426 g/mol. The summed E-state index contributed by atoms with van der Waals surface area (Å²) in [7, 11) is 4.55. The molecule has 0 aliphatic heterocycles. The van der Waals surface area contributed by atoms with Crippen molar-refractivity contribution in [2.45, 2.75) is 77.4 Å². The van der Waals surface area contributed by atoms with Crippen LogP contribution in [0.1, 0.15) is 75.7 Å². The molecule has 0 amide bonds. The lowest BCUT2D eigenvalue weighted by molar-refractivity contribution is -0.918. The van der Waals surface area contributed by atoms with Crippen LogP contribution in [0.3, 0.4) is 0 Å². The Morgan fingerprint density at radius 3 is 2.15 bits per heavy atom. The highest BCUT2D eigenvalue weighted by Crippen LogP contribution is 2.26. The Bertz CT molecular complexity index is 569. The molecular formula is C22H36BrNO2. The molecular weight excluding hydrogens is 390 g/mol. The van der Waals surface area contributed by atoms with Crippen molar-refractivity contribution < 1.29 is 31.0 Å². The van der Waals surface area contributed by atoms with Crippen molar-refractivity contribution in [3.05, 3.63) is 35.4 Å². The van der Waals surface area contributed by atoms with E-state index >= 15 is 0 Å². The van der Waals surface area contributed by atoms with Crippen molar-refractivity contribution in [1.29, 1.82) is 0 Å². The lowest BCUT2D eigenvalue weighted by Crippen LogP contribution is -3.00. The van der Waals surface area contributed by atoms with Crippen LogP contribution in [-0.4, -0.2) is 43.2 Å². The van der Waals surface area contributed by atoms with Crippen LogP contribution < -0.4 is 17.0 Å². The molecule has 3 nitrogen and oxygen atoms in total. The van der Waals surface area contributed by atoms with Gasteiger partial charge in [0.05, 0.1) is 25.7 Å². The van der Waals surface area contributed by atoms with Crippen LogP contribution in [0.25, 0.3) is 0 Å². The van der Waals surface area contributed by atoms with E-state index in [0.29, 0.717) is 11.6 Å². The SMILES string of the molecule is CC(C[N+](C)(C)C1CCCCC1)OC(=O)c1ccc(C(C)(C)C)cc1.[Br-]. The molecule has 0 aromatic heterocycles. The number of nitrogens with zero attached hydrogens (tertiary/aromatic N) is 1. The molecule has 148 valence electrons. The van der Waals surface area contributed by atoms with Crippen molar-refractivity contribution >= 4 is 5.97 Å². The van der Waals surface area contributed by atoms with Gasteiger partial charge < -0.3 is 26.2 Å². The number of benzene rings is 1. The largest absolute Gasteiger partial charge is 1.00 e. The number of halogens is 1. The van der Waals surface area contributed by atoms with Gasteiger partial charge in [0.15, 0.2) is 0 Å². The first-order chi connectivity index (χ1) is 11.6. The summed E-state index contributed by atoms with van der Waals surface area (Å²) in [6.45, 7) is 9.41. The fourth-order valence-corrected chi connectivity index (χ4v) is 3.99. The molecule has 1 aliphatic carbocycles. The molecule has 2 rings (SSSR count). The molecule has 1 fully saturated rings. The smallest absolute Gasteiger partial charge is 0.338 e. The predicted molar refractivity (Wildman–Crippen MR) is 104 cm³/mol. The zero-order valence-corrected chi connectivity index (χ0v) is 18.9. The highest BCUT2D eigenvalue weighted by atomic mass is 79.9. The van der Waals surface area contributed by atoms with Crippen molar-refractivity contribution in [3.63, 3.8) is 0 Å². The van der Waals surface area contributed by atoms with Gasteiger partial charge in [-0.1, -0.05) is 39.3 Å². The van der Waals surface area contributed by atoms with Gasteiger partial charge in [0.2, 0.25) is 0 Å². The van der Waals surface area contributed by atoms with E-state index in [1.807, 2.05) is 31.2 Å². The second kappa shape index (κ2) is 9.36. The summed E-state index contributed by atoms with van der Waals surface area (Å²) < 4.78 is 6.68. The van der Waals surface area contributed by atoms with Gasteiger partial charge in [0.1, 0.15) is 12.6 Å². The van der Waals surface area contributed by atoms with Crippen LogP contribution in [0.2, 0.25) is 0 Å². The molecule has 0 N–H and O–H groups in total. The van der Waals surface area contributed by atoms with Crippen LogP contribution in [0, 0.1) is 0 Å². The topological polar surface area (TPSA) is 26.3 Å². The molecule has 0 spiro atoms. The first-order valence-electron chi connectivity index (χ1n) is 9.74. The average Bonchev–Trinajstić information content (AvgIpc) is 2.54. The second-order valence-electron chi connectivity index (χ2n) is 9.30. The quantitative estimate of drug-likeness (QED) is 0.532. The standard InChI is InChI=1S/C22H36NO2.BrH/c1-17(16-23(5,6)20-10-8-7-9-11-20)25-21(24)18-12-14-19(15-13-18)22(2,3)4;/h12-15,17,20H,7-11,16H2,1-6H3;1H/q+1;/p-1. The van der Waals surface area contributed by atoms with Gasteiger partial charge >= 0.3 is 5.97 Å². The number of ether oxygens (including phenoxy) is 1. The fourth-order valence-electron chi connectivity index (χ4n) is 3.99. The second-order valence-corrected chi connectivity index (χ2v) is 9.30. The minimum atomic E-state index is -0.211. The molecule has 1 saturated carbocycles. The Hall–Kier alpha value is -0.870. The van der Waals surface area contributed by atoms with Crippen molar-refractivity contribution in [2.24, 2.45) is 0 Å². The summed E-state index contributed by atoms with van der Waals surface area (Å²) in [5, 5.41) is 0. The third kappa shape index (κ3) is 6.38.